The second-order valence-electron chi connectivity index (χ2n) is 8.80. The summed E-state index contributed by atoms with van der Waals surface area (Å²) in [5.74, 6) is 5.67. The summed E-state index contributed by atoms with van der Waals surface area (Å²) in [6.07, 6.45) is 20.5. The van der Waals surface area contributed by atoms with Crippen molar-refractivity contribution in [1.29, 1.82) is 0 Å². The maximum atomic E-state index is 4.21. The molecule has 3 fully saturated rings. The molecule has 0 aromatic carbocycles. The van der Waals surface area contributed by atoms with Gasteiger partial charge in [0, 0.05) is 0 Å². The van der Waals surface area contributed by atoms with Gasteiger partial charge in [0.1, 0.15) is 0 Å². The van der Waals surface area contributed by atoms with E-state index < -0.39 is 0 Å². The Labute approximate surface area is 136 Å². The third kappa shape index (κ3) is 2.86. The molecule has 0 heteroatoms. The summed E-state index contributed by atoms with van der Waals surface area (Å²) in [5, 5.41) is 0. The predicted octanol–water partition coefficient (Wildman–Crippen LogP) is 6.31. The van der Waals surface area contributed by atoms with Gasteiger partial charge < -0.3 is 0 Å². The zero-order valence-electron chi connectivity index (χ0n) is 14.3. The molecule has 0 amide bonds. The second kappa shape index (κ2) is 6.02. The molecule has 3 saturated carbocycles. The van der Waals surface area contributed by atoms with Crippen LogP contribution in [0, 0.1) is 35.5 Å². The standard InChI is InChI=1S/C22H32/c1-15(2)10-20(22-14-17-7-9-21(22)13-17)5-3-4-18-11-16-6-8-19(18)12-16/h4,7,9,16-17,19-22H,1,3,5-6,8,10-14H2,2H3. The first kappa shape index (κ1) is 14.8. The minimum Gasteiger partial charge on any atom is -0.100 e. The van der Waals surface area contributed by atoms with Crippen LogP contribution in [0.4, 0.5) is 0 Å². The number of hydrogen-bond acceptors (Lipinski definition) is 0. The molecular weight excluding hydrogens is 264 g/mol. The summed E-state index contributed by atoms with van der Waals surface area (Å²) >= 11 is 0. The zero-order valence-corrected chi connectivity index (χ0v) is 14.3. The molecule has 4 rings (SSSR count). The largest absolute Gasteiger partial charge is 0.100 e. The highest BCUT2D eigenvalue weighted by Crippen LogP contribution is 2.50. The fourth-order valence-corrected chi connectivity index (χ4v) is 6.11. The summed E-state index contributed by atoms with van der Waals surface area (Å²) in [4.78, 5) is 0. The van der Waals surface area contributed by atoms with E-state index in [1.54, 1.807) is 0 Å². The van der Waals surface area contributed by atoms with Crippen LogP contribution in [0.5, 0.6) is 0 Å². The van der Waals surface area contributed by atoms with Gasteiger partial charge in [-0.25, -0.2) is 0 Å². The van der Waals surface area contributed by atoms with E-state index in [9.17, 15) is 0 Å². The molecule has 0 aromatic rings. The van der Waals surface area contributed by atoms with Gasteiger partial charge in [0.15, 0.2) is 0 Å². The van der Waals surface area contributed by atoms with E-state index in [0.717, 1.165) is 35.5 Å². The summed E-state index contributed by atoms with van der Waals surface area (Å²) < 4.78 is 0. The minimum absolute atomic E-state index is 0.882. The van der Waals surface area contributed by atoms with Gasteiger partial charge in [-0.05, 0) is 100 Å². The molecule has 120 valence electrons. The van der Waals surface area contributed by atoms with Crippen molar-refractivity contribution in [1.82, 2.24) is 0 Å². The lowest BCUT2D eigenvalue weighted by molar-refractivity contribution is 0.270. The summed E-state index contributed by atoms with van der Waals surface area (Å²) in [6, 6.07) is 0. The molecule has 0 saturated heterocycles. The van der Waals surface area contributed by atoms with Gasteiger partial charge >= 0.3 is 0 Å². The molecule has 22 heavy (non-hydrogen) atoms. The number of allylic oxidation sites excluding steroid dienone is 5. The van der Waals surface area contributed by atoms with Crippen LogP contribution < -0.4 is 0 Å². The molecule has 4 aliphatic rings. The lowest BCUT2D eigenvalue weighted by atomic mass is 9.76. The summed E-state index contributed by atoms with van der Waals surface area (Å²) in [7, 11) is 0. The average molecular weight is 296 g/mol. The molecule has 4 bridgehead atoms. The van der Waals surface area contributed by atoms with E-state index in [-0.39, 0.29) is 0 Å². The highest BCUT2D eigenvalue weighted by molar-refractivity contribution is 5.17. The van der Waals surface area contributed by atoms with Crippen LogP contribution >= 0.6 is 0 Å². The Hall–Kier alpha value is -0.780. The number of rotatable bonds is 6. The molecule has 0 aromatic heterocycles. The SMILES string of the molecule is C=C(C)CC(CCC=C1CC2CCC1C2)C1CC2C=CC1C2. The van der Waals surface area contributed by atoms with Crippen molar-refractivity contribution in [3.05, 3.63) is 36.0 Å². The maximum absolute atomic E-state index is 4.21. The molecule has 0 radical (unpaired) electrons. The van der Waals surface area contributed by atoms with Gasteiger partial charge in [-0.3, -0.25) is 0 Å². The molecule has 0 N–H and O–H groups in total. The first-order valence-corrected chi connectivity index (χ1v) is 9.70. The van der Waals surface area contributed by atoms with Gasteiger partial charge in [-0.15, -0.1) is 6.58 Å². The van der Waals surface area contributed by atoms with Crippen molar-refractivity contribution < 1.29 is 0 Å². The van der Waals surface area contributed by atoms with E-state index in [4.69, 9.17) is 0 Å². The predicted molar refractivity (Wildman–Crippen MR) is 94.5 cm³/mol. The maximum Gasteiger partial charge on any atom is -0.0196 e. The molecule has 0 nitrogen and oxygen atoms in total. The van der Waals surface area contributed by atoms with E-state index in [2.05, 4.69) is 31.7 Å². The lowest BCUT2D eigenvalue weighted by Gasteiger charge is -2.29. The van der Waals surface area contributed by atoms with Crippen LogP contribution in [0.1, 0.15) is 64.7 Å². The molecular formula is C22H32. The van der Waals surface area contributed by atoms with Gasteiger partial charge in [0.05, 0.1) is 0 Å². The first-order chi connectivity index (χ1) is 10.7. The lowest BCUT2D eigenvalue weighted by Crippen LogP contribution is -2.19. The third-order valence-corrected chi connectivity index (χ3v) is 7.08. The van der Waals surface area contributed by atoms with E-state index in [1.165, 1.54) is 63.4 Å². The summed E-state index contributed by atoms with van der Waals surface area (Å²) in [6.45, 7) is 6.44. The van der Waals surface area contributed by atoms with Gasteiger partial charge in [0.25, 0.3) is 0 Å². The smallest absolute Gasteiger partial charge is 0.0196 e. The van der Waals surface area contributed by atoms with Crippen LogP contribution in [-0.4, -0.2) is 0 Å². The van der Waals surface area contributed by atoms with Crippen molar-refractivity contribution in [3.8, 4) is 0 Å². The van der Waals surface area contributed by atoms with Crippen LogP contribution in [-0.2, 0) is 0 Å². The molecule has 0 spiro atoms. The fourth-order valence-electron chi connectivity index (χ4n) is 6.11. The van der Waals surface area contributed by atoms with Crippen LogP contribution in [0.3, 0.4) is 0 Å². The van der Waals surface area contributed by atoms with Gasteiger partial charge in [-0.1, -0.05) is 29.4 Å². The normalized spacial score (nSPS) is 41.7. The van der Waals surface area contributed by atoms with Crippen molar-refractivity contribution in [2.45, 2.75) is 64.7 Å². The molecule has 0 aliphatic heterocycles. The Kier molecular flexibility index (Phi) is 4.05. The second-order valence-corrected chi connectivity index (χ2v) is 8.80. The fraction of sp³-hybridized carbons (Fsp3) is 0.727. The summed E-state index contributed by atoms with van der Waals surface area (Å²) in [5.41, 5.74) is 3.22. The third-order valence-electron chi connectivity index (χ3n) is 7.08. The first-order valence-electron chi connectivity index (χ1n) is 9.70. The van der Waals surface area contributed by atoms with Crippen molar-refractivity contribution in [2.24, 2.45) is 35.5 Å². The molecule has 4 aliphatic carbocycles. The van der Waals surface area contributed by atoms with Gasteiger partial charge in [-0.2, -0.15) is 0 Å². The average Bonchev–Trinajstić information content (AvgIpc) is 3.25. The molecule has 0 heterocycles. The monoisotopic (exact) mass is 296 g/mol. The number of hydrogen-bond donors (Lipinski definition) is 0. The Morgan fingerprint density at radius 2 is 2.18 bits per heavy atom. The molecule has 6 atom stereocenters. The Balaban J connectivity index is 1.36. The Morgan fingerprint density at radius 3 is 2.77 bits per heavy atom. The highest BCUT2D eigenvalue weighted by atomic mass is 14.4. The molecule has 6 unspecified atom stereocenters. The van der Waals surface area contributed by atoms with Gasteiger partial charge in [0.2, 0.25) is 0 Å². The van der Waals surface area contributed by atoms with Crippen LogP contribution in [0.15, 0.2) is 36.0 Å². The highest BCUT2D eigenvalue weighted by Gasteiger charge is 2.39. The quantitative estimate of drug-likeness (QED) is 0.504. The number of fused-ring (bicyclic) bond motifs is 4. The van der Waals surface area contributed by atoms with Crippen LogP contribution in [0.2, 0.25) is 0 Å². The Morgan fingerprint density at radius 1 is 1.27 bits per heavy atom. The van der Waals surface area contributed by atoms with E-state index in [0.29, 0.717) is 0 Å². The Bertz CT molecular complexity index is 494. The van der Waals surface area contributed by atoms with E-state index in [1.807, 2.05) is 5.57 Å². The topological polar surface area (TPSA) is 0 Å². The van der Waals surface area contributed by atoms with Crippen molar-refractivity contribution in [3.63, 3.8) is 0 Å². The van der Waals surface area contributed by atoms with Crippen molar-refractivity contribution >= 4 is 0 Å². The van der Waals surface area contributed by atoms with Crippen molar-refractivity contribution in [2.75, 3.05) is 0 Å². The van der Waals surface area contributed by atoms with Crippen LogP contribution in [0.25, 0.3) is 0 Å². The minimum atomic E-state index is 0.882. The van der Waals surface area contributed by atoms with E-state index >= 15 is 0 Å². The zero-order chi connectivity index (χ0) is 15.1.